The van der Waals surface area contributed by atoms with Crippen molar-refractivity contribution in [3.05, 3.63) is 23.8 Å². The molecule has 1 aliphatic rings. The molecule has 1 aliphatic heterocycles. The van der Waals surface area contributed by atoms with Crippen LogP contribution in [0.1, 0.15) is 37.0 Å². The molecule has 0 saturated carbocycles. The molecular formula is C17H27N3O3S. The lowest BCUT2D eigenvalue weighted by atomic mass is 10.1. The zero-order chi connectivity index (χ0) is 17.9. The van der Waals surface area contributed by atoms with Gasteiger partial charge in [0, 0.05) is 46.0 Å². The lowest BCUT2D eigenvalue weighted by molar-refractivity contribution is 0.0773. The summed E-state index contributed by atoms with van der Waals surface area (Å²) in [6.45, 7) is 6.85. The molecular weight excluding hydrogens is 326 g/mol. The number of amides is 1. The number of sulfonamides is 1. The Kier molecular flexibility index (Phi) is 5.87. The zero-order valence-electron chi connectivity index (χ0n) is 14.9. The molecule has 0 atom stereocenters. The highest BCUT2D eigenvalue weighted by molar-refractivity contribution is 7.89. The van der Waals surface area contributed by atoms with E-state index in [0.29, 0.717) is 18.7 Å². The minimum absolute atomic E-state index is 0.113. The van der Waals surface area contributed by atoms with Crippen LogP contribution in [0.3, 0.4) is 0 Å². The molecule has 1 amide bonds. The van der Waals surface area contributed by atoms with E-state index in [1.165, 1.54) is 24.5 Å². The van der Waals surface area contributed by atoms with Crippen molar-refractivity contribution in [2.75, 3.05) is 45.2 Å². The van der Waals surface area contributed by atoms with Crippen LogP contribution in [0, 0.1) is 0 Å². The van der Waals surface area contributed by atoms with Crippen LogP contribution >= 0.6 is 0 Å². The fourth-order valence-corrected chi connectivity index (χ4v) is 3.90. The number of benzene rings is 1. The SMILES string of the molecule is CCN(CC)C(=O)c1cc(S(=O)(=O)N(C)C)ccc1N1CCCC1. The van der Waals surface area contributed by atoms with Gasteiger partial charge in [0.25, 0.3) is 5.91 Å². The molecule has 1 fully saturated rings. The van der Waals surface area contributed by atoms with Gasteiger partial charge in [-0.2, -0.15) is 0 Å². The minimum Gasteiger partial charge on any atom is -0.371 e. The van der Waals surface area contributed by atoms with Gasteiger partial charge in [-0.25, -0.2) is 12.7 Å². The molecule has 1 saturated heterocycles. The van der Waals surface area contributed by atoms with Crippen molar-refractivity contribution in [1.29, 1.82) is 0 Å². The molecule has 0 spiro atoms. The van der Waals surface area contributed by atoms with Gasteiger partial charge in [-0.15, -0.1) is 0 Å². The van der Waals surface area contributed by atoms with Gasteiger partial charge in [-0.1, -0.05) is 0 Å². The highest BCUT2D eigenvalue weighted by Crippen LogP contribution is 2.29. The second-order valence-corrected chi connectivity index (χ2v) is 8.29. The smallest absolute Gasteiger partial charge is 0.255 e. The van der Waals surface area contributed by atoms with Crippen LogP contribution in [-0.4, -0.2) is 63.8 Å². The van der Waals surface area contributed by atoms with Gasteiger partial charge in [0.15, 0.2) is 0 Å². The van der Waals surface area contributed by atoms with Crippen molar-refractivity contribution in [1.82, 2.24) is 9.21 Å². The van der Waals surface area contributed by atoms with E-state index < -0.39 is 10.0 Å². The van der Waals surface area contributed by atoms with Gasteiger partial charge in [-0.05, 0) is 44.9 Å². The molecule has 2 rings (SSSR count). The van der Waals surface area contributed by atoms with E-state index in [0.717, 1.165) is 31.6 Å². The van der Waals surface area contributed by atoms with E-state index >= 15 is 0 Å². The zero-order valence-corrected chi connectivity index (χ0v) is 15.8. The number of anilines is 1. The van der Waals surface area contributed by atoms with E-state index in [1.807, 2.05) is 13.8 Å². The molecule has 1 aromatic carbocycles. The van der Waals surface area contributed by atoms with Crippen molar-refractivity contribution in [3.63, 3.8) is 0 Å². The van der Waals surface area contributed by atoms with Crippen LogP contribution in [0.4, 0.5) is 5.69 Å². The molecule has 0 N–H and O–H groups in total. The first kappa shape index (κ1) is 18.7. The second-order valence-electron chi connectivity index (χ2n) is 6.14. The van der Waals surface area contributed by atoms with Crippen molar-refractivity contribution in [2.45, 2.75) is 31.6 Å². The number of hydrogen-bond donors (Lipinski definition) is 0. The van der Waals surface area contributed by atoms with Gasteiger partial charge in [0.05, 0.1) is 10.5 Å². The largest absolute Gasteiger partial charge is 0.371 e. The van der Waals surface area contributed by atoms with Gasteiger partial charge in [0.2, 0.25) is 10.0 Å². The monoisotopic (exact) mass is 353 g/mol. The molecule has 7 heteroatoms. The quantitative estimate of drug-likeness (QED) is 0.785. The Bertz CT molecular complexity index is 691. The fourth-order valence-electron chi connectivity index (χ4n) is 2.97. The second kappa shape index (κ2) is 7.53. The molecule has 0 unspecified atom stereocenters. The van der Waals surface area contributed by atoms with Crippen LogP contribution in [0.15, 0.2) is 23.1 Å². The van der Waals surface area contributed by atoms with Crippen LogP contribution in [0.2, 0.25) is 0 Å². The molecule has 0 aliphatic carbocycles. The van der Waals surface area contributed by atoms with E-state index in [1.54, 1.807) is 17.0 Å². The van der Waals surface area contributed by atoms with Crippen LogP contribution in [0.25, 0.3) is 0 Å². The third kappa shape index (κ3) is 3.57. The lowest BCUT2D eigenvalue weighted by Crippen LogP contribution is -2.33. The minimum atomic E-state index is -3.57. The predicted molar refractivity (Wildman–Crippen MR) is 96.0 cm³/mol. The summed E-state index contributed by atoms with van der Waals surface area (Å²) in [5, 5.41) is 0. The summed E-state index contributed by atoms with van der Waals surface area (Å²) in [7, 11) is -0.577. The summed E-state index contributed by atoms with van der Waals surface area (Å²) >= 11 is 0. The first-order valence-corrected chi connectivity index (χ1v) is 9.87. The van der Waals surface area contributed by atoms with Gasteiger partial charge < -0.3 is 9.80 Å². The Morgan fingerprint density at radius 2 is 1.71 bits per heavy atom. The summed E-state index contributed by atoms with van der Waals surface area (Å²) in [6.07, 6.45) is 2.19. The van der Waals surface area contributed by atoms with Crippen LogP contribution in [0.5, 0.6) is 0 Å². The number of nitrogens with zero attached hydrogens (tertiary/aromatic N) is 3. The normalized spacial score (nSPS) is 15.1. The van der Waals surface area contributed by atoms with E-state index in [9.17, 15) is 13.2 Å². The Morgan fingerprint density at radius 1 is 1.12 bits per heavy atom. The maximum atomic E-state index is 12.9. The van der Waals surface area contributed by atoms with E-state index in [-0.39, 0.29) is 10.8 Å². The molecule has 24 heavy (non-hydrogen) atoms. The molecule has 0 bridgehead atoms. The van der Waals surface area contributed by atoms with E-state index in [2.05, 4.69) is 4.90 Å². The average molecular weight is 353 g/mol. The molecule has 0 aromatic heterocycles. The first-order chi connectivity index (χ1) is 11.3. The molecule has 1 aromatic rings. The number of rotatable bonds is 6. The van der Waals surface area contributed by atoms with Gasteiger partial charge in [0.1, 0.15) is 0 Å². The van der Waals surface area contributed by atoms with E-state index in [4.69, 9.17) is 0 Å². The summed E-state index contributed by atoms with van der Waals surface area (Å²) in [5.74, 6) is -0.113. The molecule has 1 heterocycles. The Labute approximate surface area is 145 Å². The van der Waals surface area contributed by atoms with Crippen LogP contribution < -0.4 is 4.90 Å². The third-order valence-electron chi connectivity index (χ3n) is 4.47. The van der Waals surface area contributed by atoms with Crippen molar-refractivity contribution in [3.8, 4) is 0 Å². The number of carbonyl (C=O) groups is 1. The summed E-state index contributed by atoms with van der Waals surface area (Å²) in [5.41, 5.74) is 1.31. The summed E-state index contributed by atoms with van der Waals surface area (Å²) < 4.78 is 26.0. The average Bonchev–Trinajstić information content (AvgIpc) is 3.09. The molecule has 6 nitrogen and oxygen atoms in total. The van der Waals surface area contributed by atoms with Crippen molar-refractivity contribution >= 4 is 21.6 Å². The third-order valence-corrected chi connectivity index (χ3v) is 6.29. The predicted octanol–water partition coefficient (Wildman–Crippen LogP) is 2.02. The van der Waals surface area contributed by atoms with Gasteiger partial charge >= 0.3 is 0 Å². The summed E-state index contributed by atoms with van der Waals surface area (Å²) in [6, 6.07) is 4.91. The first-order valence-electron chi connectivity index (χ1n) is 8.43. The topological polar surface area (TPSA) is 60.9 Å². The standard InChI is InChI=1S/C17H27N3O3S/c1-5-19(6-2)17(21)15-13-14(24(22,23)18(3)4)9-10-16(15)20-11-7-8-12-20/h9-10,13H,5-8,11-12H2,1-4H3. The maximum absolute atomic E-state index is 12.9. The lowest BCUT2D eigenvalue weighted by Gasteiger charge is -2.25. The highest BCUT2D eigenvalue weighted by Gasteiger charge is 2.26. The number of carbonyl (C=O) groups excluding carboxylic acids is 1. The van der Waals surface area contributed by atoms with Crippen LogP contribution in [-0.2, 0) is 10.0 Å². The van der Waals surface area contributed by atoms with Crippen molar-refractivity contribution in [2.24, 2.45) is 0 Å². The highest BCUT2D eigenvalue weighted by atomic mass is 32.2. The number of hydrogen-bond acceptors (Lipinski definition) is 4. The molecule has 134 valence electrons. The Morgan fingerprint density at radius 3 is 2.21 bits per heavy atom. The fraction of sp³-hybridized carbons (Fsp3) is 0.588. The summed E-state index contributed by atoms with van der Waals surface area (Å²) in [4.78, 5) is 17.0. The van der Waals surface area contributed by atoms with Gasteiger partial charge in [-0.3, -0.25) is 4.79 Å². The molecule has 0 radical (unpaired) electrons. The Balaban J connectivity index is 2.55. The Hall–Kier alpha value is -1.60. The maximum Gasteiger partial charge on any atom is 0.255 e. The van der Waals surface area contributed by atoms with Crippen molar-refractivity contribution < 1.29 is 13.2 Å².